The highest BCUT2D eigenvalue weighted by atomic mass is 127. The molecule has 0 radical (unpaired) electrons. The number of hydrogen-bond acceptors (Lipinski definition) is 1. The van der Waals surface area contributed by atoms with Gasteiger partial charge in [0.1, 0.15) is 0 Å². The van der Waals surface area contributed by atoms with Crippen LogP contribution in [0.15, 0.2) is 54.6 Å². The van der Waals surface area contributed by atoms with E-state index in [0.29, 0.717) is 11.4 Å². The van der Waals surface area contributed by atoms with Gasteiger partial charge in [-0.05, 0) is 46.4 Å². The molecule has 0 aromatic heterocycles. The molecule has 2 aromatic rings. The third-order valence-corrected chi connectivity index (χ3v) is 3.73. The quantitative estimate of drug-likeness (QED) is 0.625. The predicted molar refractivity (Wildman–Crippen MR) is 86.5 cm³/mol. The molecule has 4 heteroatoms. The van der Waals surface area contributed by atoms with Gasteiger partial charge in [0.15, 0.2) is 0 Å². The van der Waals surface area contributed by atoms with E-state index in [1.165, 1.54) is 0 Å². The second-order valence-electron chi connectivity index (χ2n) is 4.10. The predicted octanol–water partition coefficient (Wildman–Crippen LogP) is 4.00. The number of halogens is 2. The van der Waals surface area contributed by atoms with Crippen LogP contribution in [0.2, 0.25) is 0 Å². The highest BCUT2D eigenvalue weighted by molar-refractivity contribution is 14.1. The third-order valence-electron chi connectivity index (χ3n) is 2.75. The standard InChI is InChI=1S/C15H13ClINO/c16-10-14(11-5-2-1-3-6-11)18-15(19)12-7-4-8-13(17)9-12/h1-9,14H,10H2,(H,18,19). The molecular weight excluding hydrogens is 373 g/mol. The maximum atomic E-state index is 12.2. The summed E-state index contributed by atoms with van der Waals surface area (Å²) in [4.78, 5) is 12.2. The first-order valence-electron chi connectivity index (χ1n) is 5.88. The monoisotopic (exact) mass is 385 g/mol. The fraction of sp³-hybridized carbons (Fsp3) is 0.133. The zero-order valence-corrected chi connectivity index (χ0v) is 13.1. The van der Waals surface area contributed by atoms with Crippen molar-refractivity contribution >= 4 is 40.1 Å². The minimum absolute atomic E-state index is 0.104. The Kier molecular flexibility index (Phi) is 5.22. The van der Waals surface area contributed by atoms with Crippen LogP contribution >= 0.6 is 34.2 Å². The number of carbonyl (C=O) groups excluding carboxylic acids is 1. The molecule has 0 spiro atoms. The van der Waals surface area contributed by atoms with Crippen LogP contribution in [0, 0.1) is 3.57 Å². The molecule has 1 unspecified atom stereocenters. The Morgan fingerprint density at radius 1 is 1.16 bits per heavy atom. The number of nitrogens with one attached hydrogen (secondary N) is 1. The average Bonchev–Trinajstić information content (AvgIpc) is 2.45. The smallest absolute Gasteiger partial charge is 0.251 e. The molecule has 0 aliphatic carbocycles. The third kappa shape index (κ3) is 3.94. The van der Waals surface area contributed by atoms with Gasteiger partial charge >= 0.3 is 0 Å². The van der Waals surface area contributed by atoms with Gasteiger partial charge in [-0.25, -0.2) is 0 Å². The highest BCUT2D eigenvalue weighted by Gasteiger charge is 2.14. The van der Waals surface area contributed by atoms with E-state index in [2.05, 4.69) is 27.9 Å². The fourth-order valence-corrected chi connectivity index (χ4v) is 2.57. The van der Waals surface area contributed by atoms with Crippen molar-refractivity contribution in [3.05, 3.63) is 69.3 Å². The van der Waals surface area contributed by atoms with Gasteiger partial charge in [0.05, 0.1) is 6.04 Å². The van der Waals surface area contributed by atoms with E-state index in [4.69, 9.17) is 11.6 Å². The second kappa shape index (κ2) is 6.91. The number of carbonyl (C=O) groups is 1. The molecule has 19 heavy (non-hydrogen) atoms. The Balaban J connectivity index is 2.13. The molecule has 2 rings (SSSR count). The van der Waals surface area contributed by atoms with E-state index >= 15 is 0 Å². The lowest BCUT2D eigenvalue weighted by molar-refractivity contribution is 0.0940. The van der Waals surface area contributed by atoms with Gasteiger partial charge in [0.2, 0.25) is 0 Å². The molecule has 0 saturated carbocycles. The van der Waals surface area contributed by atoms with Crippen LogP contribution in [0.1, 0.15) is 22.0 Å². The second-order valence-corrected chi connectivity index (χ2v) is 5.66. The molecule has 0 fully saturated rings. The van der Waals surface area contributed by atoms with Crippen LogP contribution in [-0.2, 0) is 0 Å². The van der Waals surface area contributed by atoms with Gasteiger partial charge in [-0.1, -0.05) is 36.4 Å². The van der Waals surface area contributed by atoms with Gasteiger partial charge in [-0.15, -0.1) is 11.6 Å². The SMILES string of the molecule is O=C(NC(CCl)c1ccccc1)c1cccc(I)c1. The Labute approximate surface area is 131 Å². The maximum absolute atomic E-state index is 12.2. The Bertz CT molecular complexity index is 559. The summed E-state index contributed by atoms with van der Waals surface area (Å²) in [5, 5.41) is 2.95. The zero-order chi connectivity index (χ0) is 13.7. The summed E-state index contributed by atoms with van der Waals surface area (Å²) in [6.07, 6.45) is 0. The molecule has 0 aliphatic rings. The normalized spacial score (nSPS) is 11.9. The summed E-state index contributed by atoms with van der Waals surface area (Å²) < 4.78 is 1.03. The number of amides is 1. The van der Waals surface area contributed by atoms with Crippen molar-refractivity contribution < 1.29 is 4.79 Å². The van der Waals surface area contributed by atoms with E-state index < -0.39 is 0 Å². The zero-order valence-electron chi connectivity index (χ0n) is 10.1. The molecule has 0 bridgehead atoms. The average molecular weight is 386 g/mol. The summed E-state index contributed by atoms with van der Waals surface area (Å²) in [7, 11) is 0. The van der Waals surface area contributed by atoms with Crippen molar-refractivity contribution in [2.75, 3.05) is 5.88 Å². The van der Waals surface area contributed by atoms with E-state index in [-0.39, 0.29) is 11.9 Å². The van der Waals surface area contributed by atoms with Gasteiger partial charge in [0, 0.05) is 15.0 Å². The molecule has 0 saturated heterocycles. The topological polar surface area (TPSA) is 29.1 Å². The van der Waals surface area contributed by atoms with Crippen LogP contribution < -0.4 is 5.32 Å². The van der Waals surface area contributed by atoms with Crippen LogP contribution in [-0.4, -0.2) is 11.8 Å². The van der Waals surface area contributed by atoms with E-state index in [1.54, 1.807) is 6.07 Å². The van der Waals surface area contributed by atoms with E-state index in [1.807, 2.05) is 48.5 Å². The van der Waals surface area contributed by atoms with Crippen molar-refractivity contribution in [2.45, 2.75) is 6.04 Å². The van der Waals surface area contributed by atoms with Gasteiger partial charge in [-0.3, -0.25) is 4.79 Å². The Morgan fingerprint density at radius 3 is 2.53 bits per heavy atom. The molecule has 1 atom stereocenters. The lowest BCUT2D eigenvalue weighted by Gasteiger charge is -2.16. The summed E-state index contributed by atoms with van der Waals surface area (Å²) in [5.74, 6) is 0.243. The Hall–Kier alpha value is -1.07. The van der Waals surface area contributed by atoms with Crippen molar-refractivity contribution in [1.29, 1.82) is 0 Å². The molecule has 1 N–H and O–H groups in total. The fourth-order valence-electron chi connectivity index (χ4n) is 1.77. The highest BCUT2D eigenvalue weighted by Crippen LogP contribution is 2.15. The summed E-state index contributed by atoms with van der Waals surface area (Å²) in [6, 6.07) is 17.0. The summed E-state index contributed by atoms with van der Waals surface area (Å²) >= 11 is 8.14. The number of hydrogen-bond donors (Lipinski definition) is 1. The number of rotatable bonds is 4. The molecule has 2 nitrogen and oxygen atoms in total. The van der Waals surface area contributed by atoms with Crippen LogP contribution in [0.3, 0.4) is 0 Å². The minimum atomic E-state index is -0.173. The lowest BCUT2D eigenvalue weighted by Crippen LogP contribution is -2.29. The summed E-state index contributed by atoms with van der Waals surface area (Å²) in [5.41, 5.74) is 1.66. The number of benzene rings is 2. The summed E-state index contributed by atoms with van der Waals surface area (Å²) in [6.45, 7) is 0. The van der Waals surface area contributed by atoms with E-state index in [9.17, 15) is 4.79 Å². The maximum Gasteiger partial charge on any atom is 0.251 e. The lowest BCUT2D eigenvalue weighted by atomic mass is 10.1. The van der Waals surface area contributed by atoms with E-state index in [0.717, 1.165) is 9.13 Å². The van der Waals surface area contributed by atoms with Crippen molar-refractivity contribution in [2.24, 2.45) is 0 Å². The minimum Gasteiger partial charge on any atom is -0.344 e. The molecule has 98 valence electrons. The van der Waals surface area contributed by atoms with Crippen molar-refractivity contribution in [3.63, 3.8) is 0 Å². The first-order chi connectivity index (χ1) is 9.20. The van der Waals surface area contributed by atoms with Gasteiger partial charge in [-0.2, -0.15) is 0 Å². The van der Waals surface area contributed by atoms with Crippen LogP contribution in [0.25, 0.3) is 0 Å². The van der Waals surface area contributed by atoms with Gasteiger partial charge < -0.3 is 5.32 Å². The van der Waals surface area contributed by atoms with Gasteiger partial charge in [0.25, 0.3) is 5.91 Å². The Morgan fingerprint density at radius 2 is 1.89 bits per heavy atom. The molecule has 1 amide bonds. The van der Waals surface area contributed by atoms with Crippen LogP contribution in [0.4, 0.5) is 0 Å². The number of alkyl halides is 1. The molecule has 2 aromatic carbocycles. The van der Waals surface area contributed by atoms with Crippen molar-refractivity contribution in [3.8, 4) is 0 Å². The van der Waals surface area contributed by atoms with Crippen molar-refractivity contribution in [1.82, 2.24) is 5.32 Å². The first kappa shape index (κ1) is 14.3. The molecular formula is C15H13ClINO. The van der Waals surface area contributed by atoms with Crippen LogP contribution in [0.5, 0.6) is 0 Å². The first-order valence-corrected chi connectivity index (χ1v) is 7.49. The largest absolute Gasteiger partial charge is 0.344 e. The molecule has 0 heterocycles. The molecule has 0 aliphatic heterocycles.